The first-order valence-corrected chi connectivity index (χ1v) is 7.60. The number of halogens is 1. The molecule has 0 atom stereocenters. The van der Waals surface area contributed by atoms with Gasteiger partial charge in [-0.15, -0.1) is 11.3 Å². The highest BCUT2D eigenvalue weighted by Crippen LogP contribution is 2.28. The SMILES string of the molecule is Clc1cccc(OCc2nccs2)c1CNC1CC1. The van der Waals surface area contributed by atoms with E-state index in [1.807, 2.05) is 23.6 Å². The van der Waals surface area contributed by atoms with Crippen LogP contribution >= 0.6 is 22.9 Å². The minimum absolute atomic E-state index is 0.494. The van der Waals surface area contributed by atoms with Gasteiger partial charge in [-0.2, -0.15) is 0 Å². The second-order valence-corrected chi connectivity index (χ2v) is 5.97. The second kappa shape index (κ2) is 5.90. The molecule has 3 rings (SSSR count). The van der Waals surface area contributed by atoms with E-state index in [1.165, 1.54) is 12.8 Å². The van der Waals surface area contributed by atoms with Crippen molar-refractivity contribution in [2.24, 2.45) is 0 Å². The van der Waals surface area contributed by atoms with Crippen LogP contribution in [0.2, 0.25) is 5.02 Å². The first-order valence-electron chi connectivity index (χ1n) is 6.35. The van der Waals surface area contributed by atoms with E-state index < -0.39 is 0 Å². The summed E-state index contributed by atoms with van der Waals surface area (Å²) in [6.07, 6.45) is 4.32. The Labute approximate surface area is 121 Å². The standard InChI is InChI=1S/C14H15ClN2OS/c15-12-2-1-3-13(11(12)8-17-10-4-5-10)18-9-14-16-6-7-19-14/h1-3,6-7,10,17H,4-5,8-9H2. The molecule has 1 aliphatic rings. The summed E-state index contributed by atoms with van der Waals surface area (Å²) in [4.78, 5) is 4.21. The molecule has 19 heavy (non-hydrogen) atoms. The number of hydrogen-bond donors (Lipinski definition) is 1. The van der Waals surface area contributed by atoms with Crippen LogP contribution in [0.3, 0.4) is 0 Å². The summed E-state index contributed by atoms with van der Waals surface area (Å²) in [6.45, 7) is 1.26. The van der Waals surface area contributed by atoms with Crippen LogP contribution in [0.25, 0.3) is 0 Å². The van der Waals surface area contributed by atoms with Crippen LogP contribution < -0.4 is 10.1 Å². The lowest BCUT2D eigenvalue weighted by molar-refractivity contribution is 0.301. The molecule has 1 fully saturated rings. The Hall–Kier alpha value is -1.10. The smallest absolute Gasteiger partial charge is 0.140 e. The maximum absolute atomic E-state index is 6.26. The Morgan fingerprint density at radius 3 is 3.05 bits per heavy atom. The molecule has 0 amide bonds. The summed E-state index contributed by atoms with van der Waals surface area (Å²) in [5.41, 5.74) is 1.03. The largest absolute Gasteiger partial charge is 0.486 e. The minimum Gasteiger partial charge on any atom is -0.486 e. The van der Waals surface area contributed by atoms with Crippen LogP contribution in [0.1, 0.15) is 23.4 Å². The zero-order valence-corrected chi connectivity index (χ0v) is 12.0. The highest BCUT2D eigenvalue weighted by molar-refractivity contribution is 7.09. The van der Waals surface area contributed by atoms with Crippen LogP contribution in [0.15, 0.2) is 29.8 Å². The molecule has 5 heteroatoms. The lowest BCUT2D eigenvalue weighted by Gasteiger charge is -2.12. The monoisotopic (exact) mass is 294 g/mol. The number of thiazole rings is 1. The fourth-order valence-corrected chi connectivity index (χ4v) is 2.60. The molecule has 1 aromatic heterocycles. The summed E-state index contributed by atoms with van der Waals surface area (Å²) in [5, 5.41) is 7.15. The van der Waals surface area contributed by atoms with Gasteiger partial charge in [0.05, 0.1) is 0 Å². The fraction of sp³-hybridized carbons (Fsp3) is 0.357. The Morgan fingerprint density at radius 2 is 2.32 bits per heavy atom. The van der Waals surface area contributed by atoms with Crippen LogP contribution in [0, 0.1) is 0 Å². The molecule has 1 heterocycles. The third-order valence-corrected chi connectivity index (χ3v) is 4.16. The van der Waals surface area contributed by atoms with Crippen LogP contribution in [-0.4, -0.2) is 11.0 Å². The van der Waals surface area contributed by atoms with Gasteiger partial charge in [-0.25, -0.2) is 4.98 Å². The van der Waals surface area contributed by atoms with Gasteiger partial charge in [0.1, 0.15) is 17.4 Å². The van der Waals surface area contributed by atoms with Gasteiger partial charge < -0.3 is 10.1 Å². The number of hydrogen-bond acceptors (Lipinski definition) is 4. The van der Waals surface area contributed by atoms with Crippen molar-refractivity contribution in [2.45, 2.75) is 32.0 Å². The number of benzene rings is 1. The van der Waals surface area contributed by atoms with E-state index in [0.29, 0.717) is 12.6 Å². The second-order valence-electron chi connectivity index (χ2n) is 4.59. The average Bonchev–Trinajstić information content (AvgIpc) is 3.09. The zero-order valence-electron chi connectivity index (χ0n) is 10.4. The van der Waals surface area contributed by atoms with E-state index in [0.717, 1.165) is 27.9 Å². The lowest BCUT2D eigenvalue weighted by atomic mass is 10.2. The van der Waals surface area contributed by atoms with Crippen molar-refractivity contribution in [3.63, 3.8) is 0 Å². The molecule has 0 spiro atoms. The molecule has 0 saturated heterocycles. The number of ether oxygens (including phenoxy) is 1. The van der Waals surface area contributed by atoms with E-state index in [4.69, 9.17) is 16.3 Å². The van der Waals surface area contributed by atoms with Gasteiger partial charge >= 0.3 is 0 Å². The maximum Gasteiger partial charge on any atom is 0.140 e. The Kier molecular flexibility index (Phi) is 4.01. The summed E-state index contributed by atoms with van der Waals surface area (Å²) < 4.78 is 5.84. The number of nitrogens with zero attached hydrogens (tertiary/aromatic N) is 1. The Balaban J connectivity index is 1.69. The Morgan fingerprint density at radius 1 is 1.42 bits per heavy atom. The van der Waals surface area contributed by atoms with Gasteiger partial charge in [0, 0.05) is 34.7 Å². The maximum atomic E-state index is 6.26. The van der Waals surface area contributed by atoms with Crippen molar-refractivity contribution in [3.8, 4) is 5.75 Å². The molecule has 1 aromatic carbocycles. The fourth-order valence-electron chi connectivity index (χ4n) is 1.84. The molecule has 0 bridgehead atoms. The summed E-state index contributed by atoms with van der Waals surface area (Å²) in [6, 6.07) is 6.44. The normalized spacial score (nSPS) is 14.6. The molecule has 0 aliphatic heterocycles. The van der Waals surface area contributed by atoms with Crippen molar-refractivity contribution in [1.82, 2.24) is 10.3 Å². The minimum atomic E-state index is 0.494. The van der Waals surface area contributed by atoms with E-state index in [9.17, 15) is 0 Å². The first kappa shape index (κ1) is 12.9. The molecule has 100 valence electrons. The topological polar surface area (TPSA) is 34.1 Å². The predicted octanol–water partition coefficient (Wildman–Crippen LogP) is 3.63. The average molecular weight is 295 g/mol. The van der Waals surface area contributed by atoms with Crippen molar-refractivity contribution >= 4 is 22.9 Å². The van der Waals surface area contributed by atoms with Crippen molar-refractivity contribution in [3.05, 3.63) is 45.4 Å². The number of rotatable bonds is 6. The van der Waals surface area contributed by atoms with Gasteiger partial charge in [0.25, 0.3) is 0 Å². The Bertz CT molecular complexity index is 540. The summed E-state index contributed by atoms with van der Waals surface area (Å²) >= 11 is 7.86. The van der Waals surface area contributed by atoms with Crippen molar-refractivity contribution < 1.29 is 4.74 Å². The molecule has 0 radical (unpaired) electrons. The molecular formula is C14H15ClN2OS. The van der Waals surface area contributed by atoms with Gasteiger partial charge in [-0.1, -0.05) is 17.7 Å². The highest BCUT2D eigenvalue weighted by Gasteiger charge is 2.21. The van der Waals surface area contributed by atoms with Gasteiger partial charge in [-0.3, -0.25) is 0 Å². The van der Waals surface area contributed by atoms with Crippen LogP contribution in [0.5, 0.6) is 5.75 Å². The third-order valence-electron chi connectivity index (χ3n) is 3.06. The zero-order chi connectivity index (χ0) is 13.1. The van der Waals surface area contributed by atoms with Crippen molar-refractivity contribution in [2.75, 3.05) is 0 Å². The van der Waals surface area contributed by atoms with Crippen LogP contribution in [0.4, 0.5) is 0 Å². The molecule has 1 N–H and O–H groups in total. The summed E-state index contributed by atoms with van der Waals surface area (Å²) in [7, 11) is 0. The van der Waals surface area contributed by atoms with Crippen LogP contribution in [-0.2, 0) is 13.2 Å². The third kappa shape index (κ3) is 3.47. The lowest BCUT2D eigenvalue weighted by Crippen LogP contribution is -2.16. The van der Waals surface area contributed by atoms with Crippen molar-refractivity contribution in [1.29, 1.82) is 0 Å². The summed E-state index contributed by atoms with van der Waals surface area (Å²) in [5.74, 6) is 0.843. The molecule has 2 aromatic rings. The van der Waals surface area contributed by atoms with E-state index in [1.54, 1.807) is 17.5 Å². The molecular weight excluding hydrogens is 280 g/mol. The molecule has 3 nitrogen and oxygen atoms in total. The van der Waals surface area contributed by atoms with E-state index in [-0.39, 0.29) is 0 Å². The first-order chi connectivity index (χ1) is 9.33. The quantitative estimate of drug-likeness (QED) is 0.883. The number of nitrogens with one attached hydrogen (secondary N) is 1. The van der Waals surface area contributed by atoms with Gasteiger partial charge in [0.15, 0.2) is 0 Å². The van der Waals surface area contributed by atoms with E-state index >= 15 is 0 Å². The van der Waals surface area contributed by atoms with E-state index in [2.05, 4.69) is 10.3 Å². The van der Waals surface area contributed by atoms with Gasteiger partial charge in [-0.05, 0) is 25.0 Å². The number of aromatic nitrogens is 1. The highest BCUT2D eigenvalue weighted by atomic mass is 35.5. The van der Waals surface area contributed by atoms with Gasteiger partial charge in [0.2, 0.25) is 0 Å². The molecule has 1 saturated carbocycles. The molecule has 0 unspecified atom stereocenters. The molecule has 1 aliphatic carbocycles. The predicted molar refractivity (Wildman–Crippen MR) is 77.8 cm³/mol.